The molecule has 2 rings (SSSR count). The molecule has 0 radical (unpaired) electrons. The fraction of sp³-hybridized carbons (Fsp3) is 0.529. The molecule has 138 valence electrons. The summed E-state index contributed by atoms with van der Waals surface area (Å²) >= 11 is 9.04. The summed E-state index contributed by atoms with van der Waals surface area (Å²) in [5, 5.41) is 0.206. The molecule has 1 heterocycles. The summed E-state index contributed by atoms with van der Waals surface area (Å²) in [6.45, 7) is 8.18. The molecule has 5 nitrogen and oxygen atoms in total. The quantitative estimate of drug-likeness (QED) is 0.617. The zero-order valence-electron chi connectivity index (χ0n) is 14.6. The minimum atomic E-state index is -0.666. The van der Waals surface area contributed by atoms with Crippen LogP contribution in [0.15, 0.2) is 16.6 Å². The van der Waals surface area contributed by atoms with E-state index >= 15 is 0 Å². The van der Waals surface area contributed by atoms with E-state index < -0.39 is 23.4 Å². The van der Waals surface area contributed by atoms with Crippen molar-refractivity contribution in [2.75, 3.05) is 19.6 Å². The van der Waals surface area contributed by atoms with E-state index in [4.69, 9.17) is 16.3 Å². The number of ether oxygens (including phenoxy) is 1. The molecule has 25 heavy (non-hydrogen) atoms. The monoisotopic (exact) mass is 434 g/mol. The average Bonchev–Trinajstić information content (AvgIpc) is 2.48. The smallest absolute Gasteiger partial charge is 0.410 e. The van der Waals surface area contributed by atoms with Crippen molar-refractivity contribution in [1.29, 1.82) is 0 Å². The van der Waals surface area contributed by atoms with E-state index in [1.54, 1.807) is 25.7 Å². The second-order valence-electron chi connectivity index (χ2n) is 7.02. The van der Waals surface area contributed by atoms with E-state index in [0.29, 0.717) is 24.1 Å². The topological polar surface area (TPSA) is 49.9 Å². The number of piperazine rings is 1. The number of hydrogen-bond acceptors (Lipinski definition) is 3. The molecular weight excluding hydrogens is 415 g/mol. The number of rotatable bonds is 1. The third-order valence-electron chi connectivity index (χ3n) is 3.78. The Balaban J connectivity index is 2.09. The molecule has 0 spiro atoms. The molecule has 0 bridgehead atoms. The Hall–Kier alpha value is -1.34. The Bertz CT molecular complexity index is 693. The standard InChI is InChI=1S/C17H21BrClFN2O3/c1-10-9-21(5-6-22(10)16(24)25-17(2,3)4)15(23)11-7-12(18)13(19)8-14(11)20/h7-8,10H,5-6,9H2,1-4H3/t10-/m1/s1. The summed E-state index contributed by atoms with van der Waals surface area (Å²) in [6.07, 6.45) is -0.410. The fourth-order valence-corrected chi connectivity index (χ4v) is 3.08. The second kappa shape index (κ2) is 7.50. The summed E-state index contributed by atoms with van der Waals surface area (Å²) in [5.74, 6) is -1.09. The second-order valence-corrected chi connectivity index (χ2v) is 8.28. The van der Waals surface area contributed by atoms with Crippen molar-refractivity contribution in [2.45, 2.75) is 39.3 Å². The van der Waals surface area contributed by atoms with E-state index in [0.717, 1.165) is 6.07 Å². The molecule has 8 heteroatoms. The largest absolute Gasteiger partial charge is 0.444 e. The number of hydrogen-bond donors (Lipinski definition) is 0. The normalized spacial score (nSPS) is 18.3. The first-order valence-corrected chi connectivity index (χ1v) is 9.10. The lowest BCUT2D eigenvalue weighted by Crippen LogP contribution is -2.56. The summed E-state index contributed by atoms with van der Waals surface area (Å²) in [5.41, 5.74) is -0.628. The third-order valence-corrected chi connectivity index (χ3v) is 4.98. The number of carbonyl (C=O) groups excluding carboxylic acids is 2. The van der Waals surface area contributed by atoms with Crippen LogP contribution in [0.3, 0.4) is 0 Å². The first kappa shape index (κ1) is 20.0. The Labute approximate surface area is 160 Å². The number of amides is 2. The van der Waals surface area contributed by atoms with Crippen molar-refractivity contribution < 1.29 is 18.7 Å². The van der Waals surface area contributed by atoms with Crippen molar-refractivity contribution >= 4 is 39.5 Å². The van der Waals surface area contributed by atoms with Gasteiger partial charge in [0.15, 0.2) is 0 Å². The van der Waals surface area contributed by atoms with Crippen molar-refractivity contribution in [3.63, 3.8) is 0 Å². The third kappa shape index (κ3) is 4.85. The van der Waals surface area contributed by atoms with Crippen molar-refractivity contribution in [3.8, 4) is 0 Å². The Morgan fingerprint density at radius 3 is 2.52 bits per heavy atom. The highest BCUT2D eigenvalue weighted by Crippen LogP contribution is 2.27. The molecule has 0 unspecified atom stereocenters. The van der Waals surface area contributed by atoms with E-state index in [-0.39, 0.29) is 16.6 Å². The molecule has 1 aliphatic heterocycles. The SMILES string of the molecule is C[C@@H]1CN(C(=O)c2cc(Br)c(Cl)cc2F)CCN1C(=O)OC(C)(C)C. The minimum absolute atomic E-state index is 0.0470. The lowest BCUT2D eigenvalue weighted by atomic mass is 10.1. The van der Waals surface area contributed by atoms with Gasteiger partial charge < -0.3 is 14.5 Å². The van der Waals surface area contributed by atoms with Crippen LogP contribution in [0.2, 0.25) is 5.02 Å². The summed E-state index contributed by atoms with van der Waals surface area (Å²) in [7, 11) is 0. The Kier molecular flexibility index (Phi) is 5.99. The van der Waals surface area contributed by atoms with Gasteiger partial charge in [-0.3, -0.25) is 4.79 Å². The lowest BCUT2D eigenvalue weighted by molar-refractivity contribution is 0.00190. The van der Waals surface area contributed by atoms with Crippen LogP contribution in [0.25, 0.3) is 0 Å². The van der Waals surface area contributed by atoms with Crippen LogP contribution in [0, 0.1) is 5.82 Å². The zero-order chi connectivity index (χ0) is 18.9. The van der Waals surface area contributed by atoms with Gasteiger partial charge in [-0.25, -0.2) is 9.18 Å². The number of halogens is 3. The summed E-state index contributed by atoms with van der Waals surface area (Å²) < 4.78 is 19.9. The molecule has 1 atom stereocenters. The predicted octanol–water partition coefficient (Wildman–Crippen LogP) is 4.32. The van der Waals surface area contributed by atoms with Crippen molar-refractivity contribution in [2.24, 2.45) is 0 Å². The predicted molar refractivity (Wildman–Crippen MR) is 97.4 cm³/mol. The first-order valence-electron chi connectivity index (χ1n) is 7.93. The van der Waals surface area contributed by atoms with E-state index in [1.165, 1.54) is 11.0 Å². The van der Waals surface area contributed by atoms with Crippen molar-refractivity contribution in [1.82, 2.24) is 9.80 Å². The summed E-state index contributed by atoms with van der Waals surface area (Å²) in [6, 6.07) is 2.26. The van der Waals surface area contributed by atoms with Crippen LogP contribution < -0.4 is 0 Å². The molecule has 0 saturated carbocycles. The molecule has 1 aliphatic rings. The van der Waals surface area contributed by atoms with E-state index in [9.17, 15) is 14.0 Å². The molecule has 1 aromatic rings. The highest BCUT2D eigenvalue weighted by molar-refractivity contribution is 9.10. The number of carbonyl (C=O) groups is 2. The highest BCUT2D eigenvalue weighted by atomic mass is 79.9. The van der Waals surface area contributed by atoms with Gasteiger partial charge >= 0.3 is 6.09 Å². The molecule has 1 saturated heterocycles. The maximum atomic E-state index is 14.1. The van der Waals surface area contributed by atoms with E-state index in [2.05, 4.69) is 15.9 Å². The first-order chi connectivity index (χ1) is 11.5. The molecule has 2 amide bonds. The molecule has 0 N–H and O–H groups in total. The van der Waals surface area contributed by atoms with Gasteiger partial charge in [-0.05, 0) is 55.8 Å². The Morgan fingerprint density at radius 2 is 1.96 bits per heavy atom. The van der Waals surface area contributed by atoms with Gasteiger partial charge in [0.2, 0.25) is 0 Å². The van der Waals surface area contributed by atoms with Gasteiger partial charge in [0.1, 0.15) is 11.4 Å². The maximum Gasteiger partial charge on any atom is 0.410 e. The van der Waals surface area contributed by atoms with Crippen LogP contribution in [0.4, 0.5) is 9.18 Å². The van der Waals surface area contributed by atoms with Gasteiger partial charge in [0.05, 0.1) is 10.6 Å². The van der Waals surface area contributed by atoms with E-state index in [1.807, 2.05) is 6.92 Å². The minimum Gasteiger partial charge on any atom is -0.444 e. The van der Waals surface area contributed by atoms with Crippen LogP contribution in [-0.2, 0) is 4.74 Å². The fourth-order valence-electron chi connectivity index (χ4n) is 2.59. The molecule has 0 aliphatic carbocycles. The van der Waals surface area contributed by atoms with Gasteiger partial charge in [0.25, 0.3) is 5.91 Å². The van der Waals surface area contributed by atoms with Gasteiger partial charge in [-0.15, -0.1) is 0 Å². The zero-order valence-corrected chi connectivity index (χ0v) is 16.9. The van der Waals surface area contributed by atoms with Crippen LogP contribution >= 0.6 is 27.5 Å². The van der Waals surface area contributed by atoms with Gasteiger partial charge in [-0.2, -0.15) is 0 Å². The molecule has 0 aromatic heterocycles. The molecule has 1 aromatic carbocycles. The average molecular weight is 436 g/mol. The van der Waals surface area contributed by atoms with Gasteiger partial charge in [-0.1, -0.05) is 11.6 Å². The molecular formula is C17H21BrClFN2O3. The number of nitrogens with zero attached hydrogens (tertiary/aromatic N) is 2. The van der Waals surface area contributed by atoms with Crippen molar-refractivity contribution in [3.05, 3.63) is 33.0 Å². The molecule has 1 fully saturated rings. The maximum absolute atomic E-state index is 14.1. The van der Waals surface area contributed by atoms with Crippen LogP contribution in [0.5, 0.6) is 0 Å². The summed E-state index contributed by atoms with van der Waals surface area (Å²) in [4.78, 5) is 28.0. The number of benzene rings is 1. The van der Waals surface area contributed by atoms with Crippen LogP contribution in [0.1, 0.15) is 38.1 Å². The van der Waals surface area contributed by atoms with Gasteiger partial charge in [0, 0.05) is 30.1 Å². The van der Waals surface area contributed by atoms with Crippen LogP contribution in [-0.4, -0.2) is 53.1 Å². The Morgan fingerprint density at radius 1 is 1.32 bits per heavy atom. The highest BCUT2D eigenvalue weighted by Gasteiger charge is 2.33. The lowest BCUT2D eigenvalue weighted by Gasteiger charge is -2.40.